The van der Waals surface area contributed by atoms with E-state index in [0.29, 0.717) is 16.3 Å². The summed E-state index contributed by atoms with van der Waals surface area (Å²) >= 11 is 5.34. The first-order chi connectivity index (χ1) is 9.16. The third kappa shape index (κ3) is 3.63. The van der Waals surface area contributed by atoms with Crippen LogP contribution < -0.4 is 10.1 Å². The molecule has 0 amide bonds. The Morgan fingerprint density at radius 1 is 1.05 bits per heavy atom. The monoisotopic (exact) mass is 271 g/mol. The van der Waals surface area contributed by atoms with E-state index in [9.17, 15) is 4.79 Å². The highest BCUT2D eigenvalue weighted by molar-refractivity contribution is 7.81. The van der Waals surface area contributed by atoms with E-state index in [2.05, 4.69) is 5.32 Å². The lowest BCUT2D eigenvalue weighted by molar-refractivity contribution is -0.131. The molecule has 96 valence electrons. The molecule has 4 heteroatoms. The molecule has 0 bridgehead atoms. The van der Waals surface area contributed by atoms with Gasteiger partial charge in [-0.05, 0) is 24.3 Å². The number of para-hydroxylation sites is 2. The summed E-state index contributed by atoms with van der Waals surface area (Å²) in [4.78, 5) is 11.6. The summed E-state index contributed by atoms with van der Waals surface area (Å²) in [5, 5.41) is 3.11. The van der Waals surface area contributed by atoms with Gasteiger partial charge in [-0.2, -0.15) is 0 Å². The lowest BCUT2D eigenvalue weighted by atomic mass is 10.2. The molecule has 0 unspecified atom stereocenters. The van der Waals surface area contributed by atoms with Gasteiger partial charge in [0.1, 0.15) is 10.7 Å². The normalized spacial score (nSPS) is 9.74. The van der Waals surface area contributed by atoms with Crippen LogP contribution in [0.3, 0.4) is 0 Å². The lowest BCUT2D eigenvalue weighted by Gasteiger charge is -2.11. The molecule has 0 fully saturated rings. The molecular weight excluding hydrogens is 258 g/mol. The van der Waals surface area contributed by atoms with Gasteiger partial charge < -0.3 is 10.1 Å². The Bertz CT molecular complexity index is 596. The molecule has 19 heavy (non-hydrogen) atoms. The first kappa shape index (κ1) is 13.2. The zero-order valence-electron chi connectivity index (χ0n) is 10.4. The third-order valence-corrected chi connectivity index (χ3v) is 2.74. The highest BCUT2D eigenvalue weighted by Gasteiger charge is 2.10. The molecule has 0 saturated carbocycles. The molecule has 0 radical (unpaired) electrons. The Morgan fingerprint density at radius 2 is 1.68 bits per heavy atom. The van der Waals surface area contributed by atoms with Crippen LogP contribution in [0.5, 0.6) is 5.75 Å². The van der Waals surface area contributed by atoms with Crippen LogP contribution in [0.2, 0.25) is 0 Å². The molecule has 2 aromatic rings. The molecule has 0 aromatic heterocycles. The lowest BCUT2D eigenvalue weighted by Crippen LogP contribution is -2.13. The van der Waals surface area contributed by atoms with Crippen LogP contribution in [0, 0.1) is 0 Å². The van der Waals surface area contributed by atoms with Crippen LogP contribution >= 0.6 is 12.2 Å². The summed E-state index contributed by atoms with van der Waals surface area (Å²) in [6.07, 6.45) is 0. The fourth-order valence-electron chi connectivity index (χ4n) is 1.62. The van der Waals surface area contributed by atoms with Gasteiger partial charge >= 0.3 is 5.97 Å². The topological polar surface area (TPSA) is 38.3 Å². The zero-order valence-corrected chi connectivity index (χ0v) is 11.2. The number of thiocarbonyl (C=S) groups is 1. The second kappa shape index (κ2) is 6.11. The van der Waals surface area contributed by atoms with Crippen LogP contribution in [-0.2, 0) is 4.79 Å². The van der Waals surface area contributed by atoms with E-state index in [0.717, 1.165) is 5.69 Å². The maximum atomic E-state index is 11.1. The Kier molecular flexibility index (Phi) is 4.26. The van der Waals surface area contributed by atoms with Crippen LogP contribution in [0.15, 0.2) is 54.6 Å². The molecule has 3 nitrogen and oxygen atoms in total. The molecular formula is C15H13NO2S. The van der Waals surface area contributed by atoms with Crippen LogP contribution in [-0.4, -0.2) is 11.0 Å². The largest absolute Gasteiger partial charge is 0.426 e. The van der Waals surface area contributed by atoms with Crippen LogP contribution in [0.25, 0.3) is 0 Å². The molecule has 0 aliphatic heterocycles. The Morgan fingerprint density at radius 3 is 2.37 bits per heavy atom. The Labute approximate surface area is 117 Å². The smallest absolute Gasteiger partial charge is 0.308 e. The van der Waals surface area contributed by atoms with Crippen molar-refractivity contribution >= 4 is 28.9 Å². The van der Waals surface area contributed by atoms with Gasteiger partial charge in [-0.25, -0.2) is 0 Å². The number of benzene rings is 2. The number of carbonyl (C=O) groups is 1. The van der Waals surface area contributed by atoms with Crippen molar-refractivity contribution in [1.82, 2.24) is 0 Å². The van der Waals surface area contributed by atoms with Crippen molar-refractivity contribution in [3.05, 3.63) is 60.2 Å². The highest BCUT2D eigenvalue weighted by Crippen LogP contribution is 2.20. The van der Waals surface area contributed by atoms with Gasteiger partial charge in [0.2, 0.25) is 0 Å². The number of esters is 1. The number of carbonyl (C=O) groups excluding carboxylic acids is 1. The van der Waals surface area contributed by atoms with Gasteiger partial charge in [0.15, 0.2) is 0 Å². The fraction of sp³-hybridized carbons (Fsp3) is 0.0667. The van der Waals surface area contributed by atoms with E-state index in [1.165, 1.54) is 6.92 Å². The molecule has 0 aliphatic carbocycles. The van der Waals surface area contributed by atoms with Crippen molar-refractivity contribution in [1.29, 1.82) is 0 Å². The maximum absolute atomic E-state index is 11.1. The summed E-state index contributed by atoms with van der Waals surface area (Å²) in [5.74, 6) is 0.0957. The summed E-state index contributed by atoms with van der Waals surface area (Å²) in [5.41, 5.74) is 1.58. The van der Waals surface area contributed by atoms with Crippen LogP contribution in [0.4, 0.5) is 5.69 Å². The summed E-state index contributed by atoms with van der Waals surface area (Å²) < 4.78 is 5.14. The maximum Gasteiger partial charge on any atom is 0.308 e. The quantitative estimate of drug-likeness (QED) is 0.527. The van der Waals surface area contributed by atoms with Gasteiger partial charge in [-0.1, -0.05) is 42.5 Å². The van der Waals surface area contributed by atoms with Gasteiger partial charge in [-0.15, -0.1) is 0 Å². The van der Waals surface area contributed by atoms with E-state index < -0.39 is 0 Å². The first-order valence-corrected chi connectivity index (χ1v) is 6.21. The van der Waals surface area contributed by atoms with E-state index in [1.807, 2.05) is 42.5 Å². The zero-order chi connectivity index (χ0) is 13.7. The number of anilines is 1. The molecule has 0 atom stereocenters. The van der Waals surface area contributed by atoms with Crippen molar-refractivity contribution in [2.24, 2.45) is 0 Å². The van der Waals surface area contributed by atoms with E-state index in [1.54, 1.807) is 12.1 Å². The summed E-state index contributed by atoms with van der Waals surface area (Å²) in [6, 6.07) is 16.8. The van der Waals surface area contributed by atoms with Gasteiger partial charge in [0.05, 0.1) is 5.56 Å². The second-order valence-corrected chi connectivity index (χ2v) is 4.32. The average molecular weight is 271 g/mol. The summed E-state index contributed by atoms with van der Waals surface area (Å²) in [7, 11) is 0. The predicted molar refractivity (Wildman–Crippen MR) is 79.5 cm³/mol. The molecule has 0 spiro atoms. The van der Waals surface area contributed by atoms with Crippen LogP contribution in [0.1, 0.15) is 12.5 Å². The van der Waals surface area contributed by atoms with Crippen molar-refractivity contribution in [2.75, 3.05) is 5.32 Å². The SMILES string of the molecule is CC(=O)Oc1ccccc1C(=S)Nc1ccccc1. The second-order valence-electron chi connectivity index (χ2n) is 3.91. The standard InChI is InChI=1S/C15H13NO2S/c1-11(17)18-14-10-6-5-9-13(14)15(19)16-12-7-3-2-4-8-12/h2-10H,1H3,(H,16,19). The molecule has 2 aromatic carbocycles. The van der Waals surface area contributed by atoms with Crippen molar-refractivity contribution in [2.45, 2.75) is 6.92 Å². The number of hydrogen-bond donors (Lipinski definition) is 1. The molecule has 1 N–H and O–H groups in total. The van der Waals surface area contributed by atoms with Gasteiger partial charge in [0, 0.05) is 12.6 Å². The molecule has 0 aliphatic rings. The number of hydrogen-bond acceptors (Lipinski definition) is 3. The van der Waals surface area contributed by atoms with Gasteiger partial charge in [-0.3, -0.25) is 4.79 Å². The summed E-state index contributed by atoms with van der Waals surface area (Å²) in [6.45, 7) is 1.37. The molecule has 0 saturated heterocycles. The van der Waals surface area contributed by atoms with E-state index in [-0.39, 0.29) is 5.97 Å². The minimum Gasteiger partial charge on any atom is -0.426 e. The average Bonchev–Trinajstić information content (AvgIpc) is 2.39. The van der Waals surface area contributed by atoms with E-state index >= 15 is 0 Å². The third-order valence-electron chi connectivity index (χ3n) is 2.42. The van der Waals surface area contributed by atoms with E-state index in [4.69, 9.17) is 17.0 Å². The first-order valence-electron chi connectivity index (χ1n) is 5.80. The minimum atomic E-state index is -0.366. The van der Waals surface area contributed by atoms with Gasteiger partial charge in [0.25, 0.3) is 0 Å². The Hall–Kier alpha value is -2.20. The highest BCUT2D eigenvalue weighted by atomic mass is 32.1. The predicted octanol–water partition coefficient (Wildman–Crippen LogP) is 3.40. The van der Waals surface area contributed by atoms with Crippen molar-refractivity contribution < 1.29 is 9.53 Å². The number of ether oxygens (including phenoxy) is 1. The number of nitrogens with one attached hydrogen (secondary N) is 1. The molecule has 0 heterocycles. The fourth-order valence-corrected chi connectivity index (χ4v) is 1.90. The van der Waals surface area contributed by atoms with Crippen molar-refractivity contribution in [3.63, 3.8) is 0 Å². The molecule has 2 rings (SSSR count). The Balaban J connectivity index is 2.21. The number of rotatable bonds is 3. The van der Waals surface area contributed by atoms with Crippen molar-refractivity contribution in [3.8, 4) is 5.75 Å². The minimum absolute atomic E-state index is 0.366.